The number of carbonyl (C=O) groups is 1. The van der Waals surface area contributed by atoms with Crippen LogP contribution in [-0.2, 0) is 0 Å². The van der Waals surface area contributed by atoms with Crippen LogP contribution in [0.1, 0.15) is 17.3 Å². The standard InChI is InChI=1S/C14H13BrClN3O/c1-2-17-13-6-3-9(8-18-13)14(20)19-10-4-5-11(15)12(16)7-10/h3-8H,2H2,1H3,(H,17,18)(H,19,20). The Bertz CT molecular complexity index is 616. The number of hydrogen-bond acceptors (Lipinski definition) is 3. The molecule has 6 heteroatoms. The number of rotatable bonds is 4. The molecule has 0 atom stereocenters. The quantitative estimate of drug-likeness (QED) is 0.866. The van der Waals surface area contributed by atoms with E-state index in [0.29, 0.717) is 16.3 Å². The Morgan fingerprint density at radius 3 is 2.75 bits per heavy atom. The van der Waals surface area contributed by atoms with Crippen LogP contribution in [0.15, 0.2) is 41.0 Å². The number of amides is 1. The van der Waals surface area contributed by atoms with E-state index in [-0.39, 0.29) is 5.91 Å². The number of hydrogen-bond donors (Lipinski definition) is 2. The van der Waals surface area contributed by atoms with Crippen molar-refractivity contribution in [2.45, 2.75) is 6.92 Å². The molecule has 1 aromatic carbocycles. The molecular formula is C14H13BrClN3O. The summed E-state index contributed by atoms with van der Waals surface area (Å²) in [5, 5.41) is 6.39. The molecule has 0 saturated heterocycles. The summed E-state index contributed by atoms with van der Waals surface area (Å²) in [7, 11) is 0. The lowest BCUT2D eigenvalue weighted by Gasteiger charge is -2.07. The maximum Gasteiger partial charge on any atom is 0.257 e. The highest BCUT2D eigenvalue weighted by atomic mass is 79.9. The Hall–Kier alpha value is -1.59. The van der Waals surface area contributed by atoms with Crippen LogP contribution in [-0.4, -0.2) is 17.4 Å². The second kappa shape index (κ2) is 6.72. The third-order valence-corrected chi connectivity index (χ3v) is 3.79. The van der Waals surface area contributed by atoms with E-state index >= 15 is 0 Å². The highest BCUT2D eigenvalue weighted by Crippen LogP contribution is 2.25. The number of pyridine rings is 1. The van der Waals surface area contributed by atoms with E-state index in [0.717, 1.165) is 16.8 Å². The molecule has 0 aliphatic rings. The maximum atomic E-state index is 12.1. The Balaban J connectivity index is 2.09. The van der Waals surface area contributed by atoms with E-state index < -0.39 is 0 Å². The molecule has 0 bridgehead atoms. The van der Waals surface area contributed by atoms with Crippen molar-refractivity contribution >= 4 is 44.9 Å². The number of anilines is 2. The van der Waals surface area contributed by atoms with E-state index in [4.69, 9.17) is 11.6 Å². The molecule has 4 nitrogen and oxygen atoms in total. The van der Waals surface area contributed by atoms with Crippen LogP contribution in [0.2, 0.25) is 5.02 Å². The predicted octanol–water partition coefficient (Wildman–Crippen LogP) is 4.18. The third kappa shape index (κ3) is 3.71. The van der Waals surface area contributed by atoms with Gasteiger partial charge in [-0.05, 0) is 53.2 Å². The zero-order chi connectivity index (χ0) is 14.5. The van der Waals surface area contributed by atoms with E-state index in [1.54, 1.807) is 30.3 Å². The highest BCUT2D eigenvalue weighted by Gasteiger charge is 2.07. The molecule has 2 aromatic rings. The van der Waals surface area contributed by atoms with Crippen molar-refractivity contribution in [3.05, 3.63) is 51.6 Å². The molecule has 2 N–H and O–H groups in total. The minimum absolute atomic E-state index is 0.223. The van der Waals surface area contributed by atoms with Crippen LogP contribution < -0.4 is 10.6 Å². The van der Waals surface area contributed by atoms with Gasteiger partial charge in [0.25, 0.3) is 5.91 Å². The van der Waals surface area contributed by atoms with E-state index in [2.05, 4.69) is 31.5 Å². The van der Waals surface area contributed by atoms with Crippen LogP contribution in [0.25, 0.3) is 0 Å². The van der Waals surface area contributed by atoms with E-state index in [1.165, 1.54) is 6.20 Å². The summed E-state index contributed by atoms with van der Waals surface area (Å²) in [5.41, 5.74) is 1.13. The lowest BCUT2D eigenvalue weighted by atomic mass is 10.2. The van der Waals surface area contributed by atoms with E-state index in [1.807, 2.05) is 6.92 Å². The van der Waals surface area contributed by atoms with Crippen LogP contribution >= 0.6 is 27.5 Å². The Morgan fingerprint density at radius 2 is 2.15 bits per heavy atom. The lowest BCUT2D eigenvalue weighted by Crippen LogP contribution is -2.12. The van der Waals surface area contributed by atoms with Crippen molar-refractivity contribution in [1.29, 1.82) is 0 Å². The smallest absolute Gasteiger partial charge is 0.257 e. The topological polar surface area (TPSA) is 54.0 Å². The molecule has 1 amide bonds. The fourth-order valence-electron chi connectivity index (χ4n) is 1.59. The van der Waals surface area contributed by atoms with Crippen molar-refractivity contribution in [3.63, 3.8) is 0 Å². The fourth-order valence-corrected chi connectivity index (χ4v) is 2.02. The molecule has 0 radical (unpaired) electrons. The van der Waals surface area contributed by atoms with Crippen molar-refractivity contribution in [3.8, 4) is 0 Å². The zero-order valence-corrected chi connectivity index (χ0v) is 13.1. The first-order valence-electron chi connectivity index (χ1n) is 6.06. The van der Waals surface area contributed by atoms with E-state index in [9.17, 15) is 4.79 Å². The summed E-state index contributed by atoms with van der Waals surface area (Å²) in [6, 6.07) is 8.73. The average molecular weight is 355 g/mol. The Kier molecular flexibility index (Phi) is 4.98. The minimum atomic E-state index is -0.223. The Morgan fingerprint density at radius 1 is 1.35 bits per heavy atom. The molecule has 20 heavy (non-hydrogen) atoms. The first kappa shape index (κ1) is 14.8. The number of aromatic nitrogens is 1. The summed E-state index contributed by atoms with van der Waals surface area (Å²) in [5.74, 6) is 0.523. The number of halogens is 2. The molecule has 0 saturated carbocycles. The van der Waals surface area contributed by atoms with Gasteiger partial charge in [-0.3, -0.25) is 4.79 Å². The van der Waals surface area contributed by atoms with Crippen molar-refractivity contribution in [2.75, 3.05) is 17.2 Å². The second-order valence-corrected chi connectivity index (χ2v) is 5.31. The first-order valence-corrected chi connectivity index (χ1v) is 7.23. The number of nitrogens with one attached hydrogen (secondary N) is 2. The molecule has 104 valence electrons. The summed E-state index contributed by atoms with van der Waals surface area (Å²) < 4.78 is 0.786. The van der Waals surface area contributed by atoms with Crippen LogP contribution in [0, 0.1) is 0 Å². The van der Waals surface area contributed by atoms with Gasteiger partial charge in [-0.25, -0.2) is 4.98 Å². The largest absolute Gasteiger partial charge is 0.370 e. The van der Waals surface area contributed by atoms with Gasteiger partial charge in [0.1, 0.15) is 5.82 Å². The number of carbonyl (C=O) groups excluding carboxylic acids is 1. The molecule has 1 aromatic heterocycles. The normalized spacial score (nSPS) is 10.2. The van der Waals surface area contributed by atoms with Gasteiger partial charge >= 0.3 is 0 Å². The molecular weight excluding hydrogens is 342 g/mol. The second-order valence-electron chi connectivity index (χ2n) is 4.05. The monoisotopic (exact) mass is 353 g/mol. The fraction of sp³-hybridized carbons (Fsp3) is 0.143. The van der Waals surface area contributed by atoms with Gasteiger partial charge in [0, 0.05) is 22.9 Å². The molecule has 2 rings (SSSR count). The summed E-state index contributed by atoms with van der Waals surface area (Å²) in [6.07, 6.45) is 1.54. The maximum absolute atomic E-state index is 12.1. The average Bonchev–Trinajstić information content (AvgIpc) is 2.44. The molecule has 1 heterocycles. The first-order chi connectivity index (χ1) is 9.60. The highest BCUT2D eigenvalue weighted by molar-refractivity contribution is 9.10. The molecule has 0 unspecified atom stereocenters. The van der Waals surface area contributed by atoms with Crippen LogP contribution in [0.5, 0.6) is 0 Å². The minimum Gasteiger partial charge on any atom is -0.370 e. The van der Waals surface area contributed by atoms with Crippen molar-refractivity contribution in [1.82, 2.24) is 4.98 Å². The summed E-state index contributed by atoms with van der Waals surface area (Å²) in [6.45, 7) is 2.77. The van der Waals surface area contributed by atoms with Gasteiger partial charge in [0.15, 0.2) is 0 Å². The molecule has 0 fully saturated rings. The van der Waals surface area contributed by atoms with Gasteiger partial charge in [-0.1, -0.05) is 11.6 Å². The zero-order valence-electron chi connectivity index (χ0n) is 10.8. The van der Waals surface area contributed by atoms with Crippen molar-refractivity contribution in [2.24, 2.45) is 0 Å². The molecule has 0 aliphatic heterocycles. The van der Waals surface area contributed by atoms with Crippen LogP contribution in [0.3, 0.4) is 0 Å². The van der Waals surface area contributed by atoms with Gasteiger partial charge in [-0.2, -0.15) is 0 Å². The SMILES string of the molecule is CCNc1ccc(C(=O)Nc2ccc(Br)c(Cl)c2)cn1. The number of benzene rings is 1. The van der Waals surface area contributed by atoms with Crippen LogP contribution in [0.4, 0.5) is 11.5 Å². The third-order valence-electron chi connectivity index (χ3n) is 2.56. The summed E-state index contributed by atoms with van der Waals surface area (Å²) in [4.78, 5) is 16.2. The predicted molar refractivity (Wildman–Crippen MR) is 85.5 cm³/mol. The summed E-state index contributed by atoms with van der Waals surface area (Å²) >= 11 is 9.28. The number of nitrogens with zero attached hydrogens (tertiary/aromatic N) is 1. The lowest BCUT2D eigenvalue weighted by molar-refractivity contribution is 0.102. The molecule has 0 aliphatic carbocycles. The van der Waals surface area contributed by atoms with Gasteiger partial charge in [0.05, 0.1) is 10.6 Å². The van der Waals surface area contributed by atoms with Crippen molar-refractivity contribution < 1.29 is 4.79 Å². The molecule has 0 spiro atoms. The van der Waals surface area contributed by atoms with Gasteiger partial charge in [-0.15, -0.1) is 0 Å². The van der Waals surface area contributed by atoms with Gasteiger partial charge < -0.3 is 10.6 Å². The Labute approximate surface area is 130 Å². The van der Waals surface area contributed by atoms with Gasteiger partial charge in [0.2, 0.25) is 0 Å².